The van der Waals surface area contributed by atoms with E-state index in [2.05, 4.69) is 5.32 Å². The molecule has 2 N–H and O–H groups in total. The highest BCUT2D eigenvalue weighted by Crippen LogP contribution is 2.24. The molecule has 0 fully saturated rings. The second kappa shape index (κ2) is 6.03. The van der Waals surface area contributed by atoms with Crippen molar-refractivity contribution in [3.05, 3.63) is 23.8 Å². The van der Waals surface area contributed by atoms with Crippen LogP contribution in [0.1, 0.15) is 31.1 Å². The number of sulfonamides is 1. The molecule has 0 atom stereocenters. The van der Waals surface area contributed by atoms with Crippen LogP contribution in [-0.2, 0) is 10.0 Å². The second-order valence-corrected chi connectivity index (χ2v) is 8.37. The van der Waals surface area contributed by atoms with Gasteiger partial charge in [-0.1, -0.05) is 20.8 Å². The van der Waals surface area contributed by atoms with Gasteiger partial charge < -0.3 is 10.4 Å². The average Bonchev–Trinajstić information content (AvgIpc) is 2.34. The first-order valence-corrected chi connectivity index (χ1v) is 7.93. The number of rotatable bonds is 5. The molecule has 0 aliphatic carbocycles. The predicted octanol–water partition coefficient (Wildman–Crippen LogP) is 2.09. The third-order valence-electron chi connectivity index (χ3n) is 2.81. The third-order valence-corrected chi connectivity index (χ3v) is 4.62. The number of nitrogens with zero attached hydrogens (tertiary/aromatic N) is 1. The van der Waals surface area contributed by atoms with Gasteiger partial charge in [0.1, 0.15) is 0 Å². The molecule has 21 heavy (non-hydrogen) atoms. The summed E-state index contributed by atoms with van der Waals surface area (Å²) in [4.78, 5) is 11.3. The molecule has 0 radical (unpaired) electrons. The average molecular weight is 314 g/mol. The molecule has 0 bridgehead atoms. The van der Waals surface area contributed by atoms with E-state index in [9.17, 15) is 18.3 Å². The van der Waals surface area contributed by atoms with Gasteiger partial charge in [0.2, 0.25) is 10.0 Å². The number of benzene rings is 1. The summed E-state index contributed by atoms with van der Waals surface area (Å²) in [5, 5.41) is 12.3. The maximum atomic E-state index is 12.0. The van der Waals surface area contributed by atoms with Gasteiger partial charge >= 0.3 is 5.97 Å². The van der Waals surface area contributed by atoms with Gasteiger partial charge in [-0.15, -0.1) is 0 Å². The number of carbonyl (C=O) groups is 1. The molecule has 0 heterocycles. The van der Waals surface area contributed by atoms with Gasteiger partial charge in [-0.2, -0.15) is 0 Å². The zero-order chi connectivity index (χ0) is 16.4. The van der Waals surface area contributed by atoms with Crippen LogP contribution in [0.3, 0.4) is 0 Å². The van der Waals surface area contributed by atoms with E-state index in [4.69, 9.17) is 0 Å². The van der Waals surface area contributed by atoms with Crippen LogP contribution >= 0.6 is 0 Å². The van der Waals surface area contributed by atoms with E-state index in [0.29, 0.717) is 12.2 Å². The Balaban J connectivity index is 3.23. The number of carboxylic acid groups (broad SMARTS) is 1. The molecule has 0 unspecified atom stereocenters. The highest BCUT2D eigenvalue weighted by atomic mass is 32.2. The van der Waals surface area contributed by atoms with E-state index in [1.807, 2.05) is 20.8 Å². The largest absolute Gasteiger partial charge is 0.478 e. The maximum Gasteiger partial charge on any atom is 0.337 e. The van der Waals surface area contributed by atoms with Crippen molar-refractivity contribution in [3.8, 4) is 0 Å². The Labute approximate surface area is 125 Å². The summed E-state index contributed by atoms with van der Waals surface area (Å²) in [5.74, 6) is -1.16. The molecule has 1 rings (SSSR count). The van der Waals surface area contributed by atoms with Crippen LogP contribution in [0.4, 0.5) is 5.69 Å². The van der Waals surface area contributed by atoms with Gasteiger partial charge in [0, 0.05) is 26.3 Å². The highest BCUT2D eigenvalue weighted by molar-refractivity contribution is 7.89. The normalized spacial score (nSPS) is 12.5. The van der Waals surface area contributed by atoms with Crippen molar-refractivity contribution in [3.63, 3.8) is 0 Å². The summed E-state index contributed by atoms with van der Waals surface area (Å²) in [6.45, 7) is 6.63. The van der Waals surface area contributed by atoms with Crippen LogP contribution in [-0.4, -0.2) is 44.4 Å². The molecule has 0 saturated heterocycles. The van der Waals surface area contributed by atoms with E-state index in [0.717, 1.165) is 4.31 Å². The smallest absolute Gasteiger partial charge is 0.337 e. The minimum atomic E-state index is -3.65. The molecule has 0 aliphatic rings. The Hall–Kier alpha value is -1.60. The van der Waals surface area contributed by atoms with Crippen molar-refractivity contribution >= 4 is 21.7 Å². The van der Waals surface area contributed by atoms with E-state index in [-0.39, 0.29) is 15.9 Å². The summed E-state index contributed by atoms with van der Waals surface area (Å²) >= 11 is 0. The highest BCUT2D eigenvalue weighted by Gasteiger charge is 2.21. The van der Waals surface area contributed by atoms with Gasteiger partial charge in [0.05, 0.1) is 10.5 Å². The zero-order valence-electron chi connectivity index (χ0n) is 13.0. The van der Waals surface area contributed by atoms with Crippen molar-refractivity contribution in [2.24, 2.45) is 5.41 Å². The summed E-state index contributed by atoms with van der Waals surface area (Å²) in [6.07, 6.45) is 0. The van der Waals surface area contributed by atoms with Crippen LogP contribution in [0, 0.1) is 5.41 Å². The lowest BCUT2D eigenvalue weighted by molar-refractivity contribution is 0.0697. The molecule has 0 aliphatic heterocycles. The molecule has 118 valence electrons. The van der Waals surface area contributed by atoms with Crippen molar-refractivity contribution in [1.29, 1.82) is 0 Å². The van der Waals surface area contributed by atoms with E-state index >= 15 is 0 Å². The first-order valence-electron chi connectivity index (χ1n) is 6.49. The molecule has 0 aromatic heterocycles. The van der Waals surface area contributed by atoms with Gasteiger partial charge in [0.25, 0.3) is 0 Å². The topological polar surface area (TPSA) is 86.7 Å². The number of aromatic carboxylic acids is 1. The van der Waals surface area contributed by atoms with Crippen LogP contribution in [0.15, 0.2) is 23.1 Å². The molecule has 1 aromatic carbocycles. The predicted molar refractivity (Wildman–Crippen MR) is 82.2 cm³/mol. The monoisotopic (exact) mass is 314 g/mol. The summed E-state index contributed by atoms with van der Waals surface area (Å²) in [5.41, 5.74) is 0.335. The minimum Gasteiger partial charge on any atom is -0.478 e. The standard InChI is InChI=1S/C14H22N2O4S/c1-14(2,3)9-15-12-7-6-10(8-11(12)13(17)18)21(19,20)16(4)5/h6-8,15H,9H2,1-5H3,(H,17,18). The fourth-order valence-electron chi connectivity index (χ4n) is 1.59. The first-order chi connectivity index (χ1) is 9.45. The molecule has 1 aromatic rings. The Morgan fingerprint density at radius 1 is 1.29 bits per heavy atom. The molecule has 6 nitrogen and oxygen atoms in total. The Bertz CT molecular complexity index is 631. The summed E-state index contributed by atoms with van der Waals surface area (Å²) < 4.78 is 25.1. The number of carboxylic acids is 1. The first kappa shape index (κ1) is 17.5. The molecule has 0 amide bonds. The van der Waals surface area contributed by atoms with Crippen LogP contribution in [0.25, 0.3) is 0 Å². The number of anilines is 1. The Kier molecular flexibility index (Phi) is 5.01. The molecular formula is C14H22N2O4S. The number of hydrogen-bond donors (Lipinski definition) is 2. The molecule has 0 spiro atoms. The van der Waals surface area contributed by atoms with Gasteiger partial charge in [-0.3, -0.25) is 0 Å². The van der Waals surface area contributed by atoms with E-state index in [1.165, 1.54) is 32.3 Å². The summed E-state index contributed by atoms with van der Waals surface area (Å²) in [6, 6.07) is 4.08. The van der Waals surface area contributed by atoms with Crippen molar-refractivity contribution in [1.82, 2.24) is 4.31 Å². The summed E-state index contributed by atoms with van der Waals surface area (Å²) in [7, 11) is -0.842. The quantitative estimate of drug-likeness (QED) is 0.869. The van der Waals surface area contributed by atoms with E-state index < -0.39 is 16.0 Å². The minimum absolute atomic E-state index is 0.0237. The maximum absolute atomic E-state index is 12.0. The lowest BCUT2D eigenvalue weighted by atomic mass is 9.96. The van der Waals surface area contributed by atoms with Gasteiger partial charge in [-0.05, 0) is 23.6 Å². The van der Waals surface area contributed by atoms with Gasteiger partial charge in [0.15, 0.2) is 0 Å². The van der Waals surface area contributed by atoms with Crippen molar-refractivity contribution in [2.75, 3.05) is 26.0 Å². The lowest BCUT2D eigenvalue weighted by Crippen LogP contribution is -2.23. The van der Waals surface area contributed by atoms with Crippen LogP contribution in [0.2, 0.25) is 0 Å². The fraction of sp³-hybridized carbons (Fsp3) is 0.500. The lowest BCUT2D eigenvalue weighted by Gasteiger charge is -2.21. The Morgan fingerprint density at radius 3 is 2.29 bits per heavy atom. The number of hydrogen-bond acceptors (Lipinski definition) is 4. The molecule has 7 heteroatoms. The number of nitrogens with one attached hydrogen (secondary N) is 1. The second-order valence-electron chi connectivity index (χ2n) is 6.21. The molecular weight excluding hydrogens is 292 g/mol. The van der Waals surface area contributed by atoms with Gasteiger partial charge in [-0.25, -0.2) is 17.5 Å². The van der Waals surface area contributed by atoms with Crippen LogP contribution in [0.5, 0.6) is 0 Å². The van der Waals surface area contributed by atoms with Crippen molar-refractivity contribution in [2.45, 2.75) is 25.7 Å². The van der Waals surface area contributed by atoms with Crippen molar-refractivity contribution < 1.29 is 18.3 Å². The Morgan fingerprint density at radius 2 is 1.86 bits per heavy atom. The SMILES string of the molecule is CN(C)S(=O)(=O)c1ccc(NCC(C)(C)C)c(C(=O)O)c1. The zero-order valence-corrected chi connectivity index (χ0v) is 13.8. The molecule has 0 saturated carbocycles. The van der Waals surface area contributed by atoms with Crippen LogP contribution < -0.4 is 5.32 Å². The van der Waals surface area contributed by atoms with E-state index in [1.54, 1.807) is 0 Å². The third kappa shape index (κ3) is 4.44. The fourth-order valence-corrected chi connectivity index (χ4v) is 2.51.